The van der Waals surface area contributed by atoms with Gasteiger partial charge in [-0.15, -0.1) is 0 Å². The predicted molar refractivity (Wildman–Crippen MR) is 72.8 cm³/mol. The van der Waals surface area contributed by atoms with E-state index < -0.39 is 17.7 Å². The molecule has 0 spiro atoms. The molecular weight excluding hydrogens is 246 g/mol. The third-order valence-electron chi connectivity index (χ3n) is 4.05. The van der Waals surface area contributed by atoms with Crippen LogP contribution in [0.1, 0.15) is 44.2 Å². The molecule has 1 heterocycles. The SMILES string of the molecule is CC1CCCCN1CCC(N)c1cccc(F)c1F. The van der Waals surface area contributed by atoms with Gasteiger partial charge in [-0.3, -0.25) is 0 Å². The fraction of sp³-hybridized carbons (Fsp3) is 0.600. The number of halogens is 2. The Morgan fingerprint density at radius 2 is 2.16 bits per heavy atom. The van der Waals surface area contributed by atoms with Crippen molar-refractivity contribution in [1.82, 2.24) is 4.90 Å². The van der Waals surface area contributed by atoms with Crippen molar-refractivity contribution >= 4 is 0 Å². The highest BCUT2D eigenvalue weighted by Gasteiger charge is 2.20. The van der Waals surface area contributed by atoms with E-state index in [-0.39, 0.29) is 5.56 Å². The van der Waals surface area contributed by atoms with E-state index in [4.69, 9.17) is 5.73 Å². The first-order valence-electron chi connectivity index (χ1n) is 7.03. The van der Waals surface area contributed by atoms with Crippen LogP contribution < -0.4 is 5.73 Å². The van der Waals surface area contributed by atoms with Gasteiger partial charge in [-0.2, -0.15) is 0 Å². The van der Waals surface area contributed by atoms with Gasteiger partial charge in [-0.1, -0.05) is 18.6 Å². The Kier molecular flexibility index (Phi) is 4.88. The van der Waals surface area contributed by atoms with E-state index in [1.807, 2.05) is 0 Å². The van der Waals surface area contributed by atoms with Crippen molar-refractivity contribution in [1.29, 1.82) is 0 Å². The molecule has 1 fully saturated rings. The Labute approximate surface area is 113 Å². The van der Waals surface area contributed by atoms with Crippen LogP contribution in [0.4, 0.5) is 8.78 Å². The maximum absolute atomic E-state index is 13.6. The fourth-order valence-corrected chi connectivity index (χ4v) is 2.76. The van der Waals surface area contributed by atoms with E-state index in [1.54, 1.807) is 6.07 Å². The van der Waals surface area contributed by atoms with E-state index in [2.05, 4.69) is 11.8 Å². The molecule has 106 valence electrons. The molecule has 1 saturated heterocycles. The van der Waals surface area contributed by atoms with Crippen molar-refractivity contribution in [3.63, 3.8) is 0 Å². The van der Waals surface area contributed by atoms with Gasteiger partial charge in [0.1, 0.15) is 0 Å². The minimum atomic E-state index is -0.820. The van der Waals surface area contributed by atoms with Gasteiger partial charge in [0.15, 0.2) is 11.6 Å². The standard InChI is InChI=1S/C15H22F2N2/c1-11-5-2-3-9-19(11)10-8-14(18)12-6-4-7-13(16)15(12)17/h4,6-7,11,14H,2-3,5,8-10,18H2,1H3. The quantitative estimate of drug-likeness (QED) is 0.908. The minimum absolute atomic E-state index is 0.282. The van der Waals surface area contributed by atoms with Crippen molar-refractivity contribution < 1.29 is 8.78 Å². The average Bonchev–Trinajstić information content (AvgIpc) is 2.40. The average molecular weight is 268 g/mol. The largest absolute Gasteiger partial charge is 0.324 e. The molecule has 0 saturated carbocycles. The molecule has 0 bridgehead atoms. The fourth-order valence-electron chi connectivity index (χ4n) is 2.76. The van der Waals surface area contributed by atoms with Gasteiger partial charge >= 0.3 is 0 Å². The van der Waals surface area contributed by atoms with Gasteiger partial charge in [0, 0.05) is 24.2 Å². The van der Waals surface area contributed by atoms with Crippen LogP contribution in [-0.4, -0.2) is 24.0 Å². The smallest absolute Gasteiger partial charge is 0.163 e. The summed E-state index contributed by atoms with van der Waals surface area (Å²) in [5.41, 5.74) is 6.28. The number of likely N-dealkylation sites (tertiary alicyclic amines) is 1. The summed E-state index contributed by atoms with van der Waals surface area (Å²) in [4.78, 5) is 2.39. The highest BCUT2D eigenvalue weighted by molar-refractivity contribution is 5.22. The van der Waals surface area contributed by atoms with Crippen LogP contribution in [-0.2, 0) is 0 Å². The maximum atomic E-state index is 13.6. The Morgan fingerprint density at radius 1 is 1.37 bits per heavy atom. The van der Waals surface area contributed by atoms with Crippen LogP contribution in [0.2, 0.25) is 0 Å². The van der Waals surface area contributed by atoms with Crippen molar-refractivity contribution in [2.24, 2.45) is 5.73 Å². The predicted octanol–water partition coefficient (Wildman–Crippen LogP) is 3.23. The summed E-state index contributed by atoms with van der Waals surface area (Å²) in [6.45, 7) is 4.14. The first kappa shape index (κ1) is 14.4. The first-order valence-corrected chi connectivity index (χ1v) is 7.03. The molecule has 2 atom stereocenters. The summed E-state index contributed by atoms with van der Waals surface area (Å²) in [5.74, 6) is -1.62. The van der Waals surface area contributed by atoms with E-state index in [0.717, 1.165) is 19.2 Å². The molecular formula is C15H22F2N2. The van der Waals surface area contributed by atoms with Gasteiger partial charge in [0.25, 0.3) is 0 Å². The summed E-state index contributed by atoms with van der Waals surface area (Å²) < 4.78 is 26.8. The molecule has 1 aromatic rings. The maximum Gasteiger partial charge on any atom is 0.163 e. The van der Waals surface area contributed by atoms with Crippen LogP contribution in [0.15, 0.2) is 18.2 Å². The Morgan fingerprint density at radius 3 is 2.89 bits per heavy atom. The molecule has 4 heteroatoms. The lowest BCUT2D eigenvalue weighted by atomic mass is 10.0. The zero-order chi connectivity index (χ0) is 13.8. The van der Waals surface area contributed by atoms with E-state index in [1.165, 1.54) is 25.3 Å². The Hall–Kier alpha value is -1.00. The minimum Gasteiger partial charge on any atom is -0.324 e. The third kappa shape index (κ3) is 3.51. The first-order chi connectivity index (χ1) is 9.09. The molecule has 1 aliphatic heterocycles. The van der Waals surface area contributed by atoms with Crippen LogP contribution in [0, 0.1) is 11.6 Å². The molecule has 2 rings (SSSR count). The molecule has 0 aliphatic carbocycles. The summed E-state index contributed by atoms with van der Waals surface area (Å²) in [7, 11) is 0. The van der Waals surface area contributed by atoms with E-state index >= 15 is 0 Å². The summed E-state index contributed by atoms with van der Waals surface area (Å²) in [5, 5.41) is 0. The summed E-state index contributed by atoms with van der Waals surface area (Å²) in [6, 6.07) is 4.33. The molecule has 1 aliphatic rings. The van der Waals surface area contributed by atoms with Crippen molar-refractivity contribution in [2.75, 3.05) is 13.1 Å². The lowest BCUT2D eigenvalue weighted by Gasteiger charge is -2.34. The third-order valence-corrected chi connectivity index (χ3v) is 4.05. The highest BCUT2D eigenvalue weighted by Crippen LogP contribution is 2.22. The lowest BCUT2D eigenvalue weighted by Crippen LogP contribution is -2.39. The van der Waals surface area contributed by atoms with Crippen LogP contribution in [0.5, 0.6) is 0 Å². The van der Waals surface area contributed by atoms with E-state index in [0.29, 0.717) is 12.5 Å². The molecule has 2 N–H and O–H groups in total. The number of rotatable bonds is 4. The molecule has 1 aromatic carbocycles. The summed E-state index contributed by atoms with van der Waals surface area (Å²) in [6.07, 6.45) is 4.37. The van der Waals surface area contributed by atoms with Gasteiger partial charge < -0.3 is 10.6 Å². The molecule has 2 nitrogen and oxygen atoms in total. The zero-order valence-electron chi connectivity index (χ0n) is 11.4. The molecule has 0 aromatic heterocycles. The highest BCUT2D eigenvalue weighted by atomic mass is 19.2. The molecule has 19 heavy (non-hydrogen) atoms. The lowest BCUT2D eigenvalue weighted by molar-refractivity contribution is 0.155. The van der Waals surface area contributed by atoms with Gasteiger partial charge in [-0.25, -0.2) is 8.78 Å². The number of hydrogen-bond donors (Lipinski definition) is 1. The second kappa shape index (κ2) is 6.44. The van der Waals surface area contributed by atoms with Crippen LogP contribution in [0.3, 0.4) is 0 Å². The van der Waals surface area contributed by atoms with Gasteiger partial charge in [0.2, 0.25) is 0 Å². The second-order valence-electron chi connectivity index (χ2n) is 5.42. The molecule has 0 radical (unpaired) electrons. The zero-order valence-corrected chi connectivity index (χ0v) is 11.4. The monoisotopic (exact) mass is 268 g/mol. The number of piperidine rings is 1. The second-order valence-corrected chi connectivity index (χ2v) is 5.42. The number of nitrogens with two attached hydrogens (primary N) is 1. The molecule has 2 unspecified atom stereocenters. The van der Waals surface area contributed by atoms with Crippen LogP contribution in [0.25, 0.3) is 0 Å². The Balaban J connectivity index is 1.93. The summed E-state index contributed by atoms with van der Waals surface area (Å²) >= 11 is 0. The van der Waals surface area contributed by atoms with Gasteiger partial charge in [-0.05, 0) is 38.8 Å². The topological polar surface area (TPSA) is 29.3 Å². The molecule has 0 amide bonds. The number of nitrogens with zero attached hydrogens (tertiary/aromatic N) is 1. The van der Waals surface area contributed by atoms with Gasteiger partial charge in [0.05, 0.1) is 0 Å². The number of hydrogen-bond acceptors (Lipinski definition) is 2. The van der Waals surface area contributed by atoms with Crippen molar-refractivity contribution in [3.05, 3.63) is 35.4 Å². The van der Waals surface area contributed by atoms with Crippen molar-refractivity contribution in [3.8, 4) is 0 Å². The van der Waals surface area contributed by atoms with Crippen molar-refractivity contribution in [2.45, 2.75) is 44.7 Å². The Bertz CT molecular complexity index is 423. The van der Waals surface area contributed by atoms with E-state index in [9.17, 15) is 8.78 Å². The normalized spacial score (nSPS) is 22.4. The number of benzene rings is 1. The van der Waals surface area contributed by atoms with Crippen LogP contribution >= 0.6 is 0 Å².